The van der Waals surface area contributed by atoms with E-state index in [4.69, 9.17) is 4.52 Å². The predicted octanol–water partition coefficient (Wildman–Crippen LogP) is 0.830. The summed E-state index contributed by atoms with van der Waals surface area (Å²) in [7, 11) is 3.22. The summed E-state index contributed by atoms with van der Waals surface area (Å²) in [5, 5.41) is 4.33. The third-order valence-electron chi connectivity index (χ3n) is 1.76. The van der Waals surface area contributed by atoms with Crippen LogP contribution in [0.4, 0.5) is 0 Å². The van der Waals surface area contributed by atoms with Crippen LogP contribution in [0.2, 0.25) is 0 Å². The second-order valence-electron chi connectivity index (χ2n) is 3.72. The van der Waals surface area contributed by atoms with Gasteiger partial charge in [-0.1, -0.05) is 18.3 Å². The van der Waals surface area contributed by atoms with Gasteiger partial charge in [-0.25, -0.2) is 0 Å². The molecule has 0 bridgehead atoms. The normalized spacial score (nSPS) is 14.2. The first kappa shape index (κ1) is 16.9. The van der Waals surface area contributed by atoms with E-state index < -0.39 is 9.52 Å². The van der Waals surface area contributed by atoms with E-state index >= 15 is 0 Å². The lowest BCUT2D eigenvalue weighted by Crippen LogP contribution is -2.26. The quantitative estimate of drug-likeness (QED) is 0.533. The van der Waals surface area contributed by atoms with E-state index in [0.29, 0.717) is 27.9 Å². The first-order valence-electron chi connectivity index (χ1n) is 4.74. The molecule has 0 fully saturated rings. The molecular formula is C8H20NO3P3S. The molecule has 4 nitrogen and oxygen atoms in total. The maximum Gasteiger partial charge on any atom is 0.163 e. The first-order chi connectivity index (χ1) is 7.39. The van der Waals surface area contributed by atoms with Gasteiger partial charge < -0.3 is 4.52 Å². The molecule has 0 saturated heterocycles. The summed E-state index contributed by atoms with van der Waals surface area (Å²) >= 11 is 0. The lowest BCUT2D eigenvalue weighted by Gasteiger charge is -2.14. The van der Waals surface area contributed by atoms with E-state index in [1.54, 1.807) is 12.5 Å². The third-order valence-corrected chi connectivity index (χ3v) is 3.89. The molecular weight excluding hydrogens is 283 g/mol. The zero-order valence-electron chi connectivity index (χ0n) is 9.56. The fraction of sp³-hybridized carbons (Fsp3) is 0.750. The Hall–Kier alpha value is 0.900. The average Bonchev–Trinajstić information content (AvgIpc) is 2.15. The Morgan fingerprint density at radius 1 is 1.62 bits per heavy atom. The molecule has 0 saturated carbocycles. The maximum atomic E-state index is 11.4. The highest BCUT2D eigenvalue weighted by atomic mass is 32.2. The molecule has 0 aromatic rings. The Morgan fingerprint density at radius 2 is 2.25 bits per heavy atom. The molecule has 16 heavy (non-hydrogen) atoms. The number of carbonyl (C=O) groups excluding carboxylic acids is 1. The Balaban J connectivity index is 4.03. The summed E-state index contributed by atoms with van der Waals surface area (Å²) in [4.78, 5) is 11.4. The van der Waals surface area contributed by atoms with Crippen molar-refractivity contribution in [2.24, 2.45) is 0 Å². The topological polar surface area (TPSA) is 55.4 Å². The van der Waals surface area contributed by atoms with Crippen LogP contribution in [0.1, 0.15) is 12.8 Å². The Morgan fingerprint density at radius 3 is 2.69 bits per heavy atom. The zero-order valence-corrected chi connectivity index (χ0v) is 13.7. The lowest BCUT2D eigenvalue weighted by molar-refractivity contribution is -0.112. The number of hydrogen-bond donors (Lipinski definition) is 1. The summed E-state index contributed by atoms with van der Waals surface area (Å²) in [6.07, 6.45) is 4.21. The average molecular weight is 303 g/mol. The molecule has 0 aliphatic carbocycles. The minimum atomic E-state index is -2.08. The number of nitrogens with one attached hydrogen (secondary N) is 1. The highest BCUT2D eigenvalue weighted by molar-refractivity contribution is 8.01. The summed E-state index contributed by atoms with van der Waals surface area (Å²) in [5.41, 5.74) is 0. The number of carbonyl (C=O) groups is 1. The second kappa shape index (κ2) is 8.91. The second-order valence-corrected chi connectivity index (χ2v) is 8.14. The fourth-order valence-electron chi connectivity index (χ4n) is 1.06. The molecule has 0 radical (unpaired) electrons. The summed E-state index contributed by atoms with van der Waals surface area (Å²) < 4.78 is 16.6. The smallest absolute Gasteiger partial charge is 0.163 e. The van der Waals surface area contributed by atoms with Gasteiger partial charge in [0.15, 0.2) is 5.78 Å². The maximum absolute atomic E-state index is 11.4. The van der Waals surface area contributed by atoms with E-state index in [1.807, 2.05) is 0 Å². The molecule has 4 atom stereocenters. The van der Waals surface area contributed by atoms with Crippen molar-refractivity contribution in [1.29, 1.82) is 0 Å². The van der Waals surface area contributed by atoms with E-state index in [-0.39, 0.29) is 11.8 Å². The molecule has 0 aliphatic rings. The van der Waals surface area contributed by atoms with Crippen molar-refractivity contribution in [2.45, 2.75) is 18.9 Å². The van der Waals surface area contributed by atoms with Crippen LogP contribution in [0.25, 0.3) is 0 Å². The van der Waals surface area contributed by atoms with Gasteiger partial charge in [0.25, 0.3) is 0 Å². The molecule has 96 valence electrons. The molecule has 0 rings (SSSR count). The van der Waals surface area contributed by atoms with Gasteiger partial charge >= 0.3 is 0 Å². The number of Topliss-reactive ketones (excluding diaryl/α,β-unsaturated/α-hetero) is 1. The van der Waals surface area contributed by atoms with Gasteiger partial charge in [-0.3, -0.25) is 14.1 Å². The largest absolute Gasteiger partial charge is 0.357 e. The summed E-state index contributed by atoms with van der Waals surface area (Å²) in [5.74, 6) is -0.0615. The molecule has 8 heteroatoms. The lowest BCUT2D eigenvalue weighted by atomic mass is 10.1. The van der Waals surface area contributed by atoms with Gasteiger partial charge in [0.2, 0.25) is 0 Å². The van der Waals surface area contributed by atoms with E-state index in [2.05, 4.69) is 23.4 Å². The van der Waals surface area contributed by atoms with Crippen LogP contribution in [-0.2, 0) is 18.8 Å². The van der Waals surface area contributed by atoms with Crippen LogP contribution in [0, 0.1) is 0 Å². The molecule has 0 heterocycles. The van der Waals surface area contributed by atoms with E-state index in [0.717, 1.165) is 0 Å². The SMILES string of the molecule is CS(C)(=O)=CC(=O)CC[C@@H](COPP)NP. The van der Waals surface area contributed by atoms with Crippen molar-refractivity contribution in [1.82, 2.24) is 5.09 Å². The Labute approximate surface area is 104 Å². The minimum Gasteiger partial charge on any atom is -0.357 e. The Bertz CT molecular complexity index is 320. The molecule has 0 aromatic carbocycles. The number of rotatable bonds is 8. The monoisotopic (exact) mass is 303 g/mol. The van der Waals surface area contributed by atoms with Gasteiger partial charge in [0, 0.05) is 38.8 Å². The standard InChI is InChI=1S/C8H20NO3P3S/c1-16(2,11)6-8(10)4-3-7(9-13)5-12-15-14/h6-7,9,15H,3-5,13-14H2,1-2H3/t7-/m0/s1. The molecule has 0 amide bonds. The molecule has 1 N–H and O–H groups in total. The summed E-state index contributed by atoms with van der Waals surface area (Å²) in [6.45, 7) is 0.576. The highest BCUT2D eigenvalue weighted by Crippen LogP contribution is 2.21. The Kier molecular flexibility index (Phi) is 9.42. The van der Waals surface area contributed by atoms with Crippen LogP contribution in [0.5, 0.6) is 0 Å². The molecule has 3 unspecified atom stereocenters. The van der Waals surface area contributed by atoms with E-state index in [9.17, 15) is 9.00 Å². The van der Waals surface area contributed by atoms with Crippen LogP contribution in [0.3, 0.4) is 0 Å². The van der Waals surface area contributed by atoms with Crippen LogP contribution in [-0.4, -0.2) is 40.5 Å². The van der Waals surface area contributed by atoms with Crippen LogP contribution < -0.4 is 5.09 Å². The van der Waals surface area contributed by atoms with Gasteiger partial charge in [0.1, 0.15) is 0 Å². The van der Waals surface area contributed by atoms with Gasteiger partial charge in [0.05, 0.1) is 6.61 Å². The van der Waals surface area contributed by atoms with Crippen molar-refractivity contribution in [3.05, 3.63) is 0 Å². The van der Waals surface area contributed by atoms with Gasteiger partial charge in [-0.05, 0) is 15.9 Å². The van der Waals surface area contributed by atoms with E-state index in [1.165, 1.54) is 5.37 Å². The third kappa shape index (κ3) is 10.1. The van der Waals surface area contributed by atoms with Crippen molar-refractivity contribution in [3.63, 3.8) is 0 Å². The van der Waals surface area contributed by atoms with Gasteiger partial charge in [-0.2, -0.15) is 0 Å². The molecule has 0 spiro atoms. The number of hydrogen-bond acceptors (Lipinski definition) is 4. The zero-order chi connectivity index (χ0) is 12.6. The van der Waals surface area contributed by atoms with Crippen molar-refractivity contribution < 1.29 is 13.5 Å². The molecule has 0 aromatic heterocycles. The van der Waals surface area contributed by atoms with Crippen molar-refractivity contribution in [3.8, 4) is 0 Å². The number of ketones is 1. The van der Waals surface area contributed by atoms with Crippen molar-refractivity contribution in [2.75, 3.05) is 19.1 Å². The predicted molar refractivity (Wildman–Crippen MR) is 80.9 cm³/mol. The molecule has 0 aliphatic heterocycles. The fourth-order valence-corrected chi connectivity index (χ4v) is 2.66. The van der Waals surface area contributed by atoms with Crippen molar-refractivity contribution >= 4 is 47.5 Å². The van der Waals surface area contributed by atoms with Gasteiger partial charge in [-0.15, -0.1) is 0 Å². The summed E-state index contributed by atoms with van der Waals surface area (Å²) in [6, 6.07) is 0.139. The van der Waals surface area contributed by atoms with Crippen LogP contribution >= 0.6 is 26.8 Å². The highest BCUT2D eigenvalue weighted by Gasteiger charge is 2.09. The first-order valence-corrected chi connectivity index (χ1v) is 10.5. The minimum absolute atomic E-state index is 0.0615. The van der Waals surface area contributed by atoms with Crippen LogP contribution in [0.15, 0.2) is 0 Å².